The number of hydrogen-bond acceptors (Lipinski definition) is 5. The standard InChI is InChI=1S/C21H30N4O3S/c1-15(2)17-4-6-20(7-5-17)29(26,27)24-11-8-19(14-24)25-21(22-16(3)23-25)18-9-12-28-13-10-18/h4-7,15,18-19H,8-14H2,1-3H3. The van der Waals surface area contributed by atoms with Crippen molar-refractivity contribution >= 4 is 10.0 Å². The Hall–Kier alpha value is -1.77. The molecule has 0 N–H and O–H groups in total. The molecule has 2 saturated heterocycles. The van der Waals surface area contributed by atoms with Crippen LogP contribution in [-0.2, 0) is 14.8 Å². The third-order valence-electron chi connectivity index (χ3n) is 6.01. The largest absolute Gasteiger partial charge is 0.381 e. The molecule has 4 rings (SSSR count). The summed E-state index contributed by atoms with van der Waals surface area (Å²) < 4.78 is 35.4. The first kappa shape index (κ1) is 20.5. The van der Waals surface area contributed by atoms with E-state index >= 15 is 0 Å². The fourth-order valence-corrected chi connectivity index (χ4v) is 5.74. The maximum absolute atomic E-state index is 13.1. The van der Waals surface area contributed by atoms with Gasteiger partial charge in [0.15, 0.2) is 0 Å². The first-order valence-corrected chi connectivity index (χ1v) is 11.9. The molecule has 2 fully saturated rings. The summed E-state index contributed by atoms with van der Waals surface area (Å²) in [6, 6.07) is 7.30. The fourth-order valence-electron chi connectivity index (χ4n) is 4.25. The maximum atomic E-state index is 13.1. The lowest BCUT2D eigenvalue weighted by molar-refractivity contribution is 0.0821. The summed E-state index contributed by atoms with van der Waals surface area (Å²) in [7, 11) is -3.50. The molecule has 7 nitrogen and oxygen atoms in total. The van der Waals surface area contributed by atoms with E-state index in [2.05, 4.69) is 23.9 Å². The minimum Gasteiger partial charge on any atom is -0.381 e. The Bertz CT molecular complexity index is 947. The van der Waals surface area contributed by atoms with Crippen LogP contribution in [0.2, 0.25) is 0 Å². The molecule has 3 heterocycles. The topological polar surface area (TPSA) is 77.3 Å². The highest BCUT2D eigenvalue weighted by molar-refractivity contribution is 7.89. The Morgan fingerprint density at radius 3 is 2.45 bits per heavy atom. The van der Waals surface area contributed by atoms with Gasteiger partial charge in [0, 0.05) is 32.2 Å². The molecule has 1 aromatic heterocycles. The lowest BCUT2D eigenvalue weighted by Crippen LogP contribution is -2.30. The normalized spacial score (nSPS) is 21.9. The van der Waals surface area contributed by atoms with Gasteiger partial charge < -0.3 is 4.74 Å². The average Bonchev–Trinajstić information content (AvgIpc) is 3.36. The number of aromatic nitrogens is 3. The van der Waals surface area contributed by atoms with Crippen molar-refractivity contribution in [1.29, 1.82) is 0 Å². The zero-order chi connectivity index (χ0) is 20.6. The number of ether oxygens (including phenoxy) is 1. The molecule has 2 aromatic rings. The van der Waals surface area contributed by atoms with Gasteiger partial charge >= 0.3 is 0 Å². The van der Waals surface area contributed by atoms with Gasteiger partial charge in [0.1, 0.15) is 11.6 Å². The third kappa shape index (κ3) is 4.11. The lowest BCUT2D eigenvalue weighted by Gasteiger charge is -2.23. The van der Waals surface area contributed by atoms with Crippen LogP contribution in [0.4, 0.5) is 0 Å². The molecule has 1 unspecified atom stereocenters. The summed E-state index contributed by atoms with van der Waals surface area (Å²) in [6.07, 6.45) is 2.63. The molecule has 2 aliphatic rings. The molecule has 0 radical (unpaired) electrons. The van der Waals surface area contributed by atoms with Crippen LogP contribution in [0.3, 0.4) is 0 Å². The van der Waals surface area contributed by atoms with Gasteiger partial charge in [-0.1, -0.05) is 26.0 Å². The second-order valence-electron chi connectivity index (χ2n) is 8.38. The van der Waals surface area contributed by atoms with E-state index in [1.807, 2.05) is 23.7 Å². The lowest BCUT2D eigenvalue weighted by atomic mass is 9.99. The molecule has 2 aliphatic heterocycles. The Balaban J connectivity index is 1.53. The number of rotatable bonds is 5. The highest BCUT2D eigenvalue weighted by Crippen LogP contribution is 2.32. The van der Waals surface area contributed by atoms with Crippen LogP contribution < -0.4 is 0 Å². The van der Waals surface area contributed by atoms with Gasteiger partial charge in [-0.3, -0.25) is 0 Å². The second-order valence-corrected chi connectivity index (χ2v) is 10.3. The van der Waals surface area contributed by atoms with E-state index in [1.54, 1.807) is 16.4 Å². The minimum atomic E-state index is -3.50. The number of nitrogens with zero attached hydrogens (tertiary/aromatic N) is 4. The van der Waals surface area contributed by atoms with Gasteiger partial charge in [-0.25, -0.2) is 18.1 Å². The summed E-state index contributed by atoms with van der Waals surface area (Å²) in [4.78, 5) is 5.04. The van der Waals surface area contributed by atoms with Crippen molar-refractivity contribution in [2.24, 2.45) is 0 Å². The van der Waals surface area contributed by atoms with E-state index in [9.17, 15) is 8.42 Å². The molecule has 158 valence electrons. The van der Waals surface area contributed by atoms with Crippen molar-refractivity contribution in [3.63, 3.8) is 0 Å². The number of benzene rings is 1. The van der Waals surface area contributed by atoms with E-state index in [-0.39, 0.29) is 6.04 Å². The van der Waals surface area contributed by atoms with E-state index in [0.717, 1.165) is 49.7 Å². The van der Waals surface area contributed by atoms with Crippen molar-refractivity contribution in [3.05, 3.63) is 41.5 Å². The summed E-state index contributed by atoms with van der Waals surface area (Å²) in [5.74, 6) is 2.44. The van der Waals surface area contributed by atoms with Gasteiger partial charge in [0.25, 0.3) is 0 Å². The number of sulfonamides is 1. The first-order valence-electron chi connectivity index (χ1n) is 10.5. The first-order chi connectivity index (χ1) is 13.9. The molecular formula is C21H30N4O3S. The second kappa shape index (κ2) is 8.16. The summed E-state index contributed by atoms with van der Waals surface area (Å²) in [6.45, 7) is 8.54. The Kier molecular flexibility index (Phi) is 5.77. The van der Waals surface area contributed by atoms with Crippen molar-refractivity contribution in [2.75, 3.05) is 26.3 Å². The molecule has 1 atom stereocenters. The zero-order valence-corrected chi connectivity index (χ0v) is 18.2. The van der Waals surface area contributed by atoms with Gasteiger partial charge in [-0.2, -0.15) is 9.40 Å². The monoisotopic (exact) mass is 418 g/mol. The quantitative estimate of drug-likeness (QED) is 0.745. The average molecular weight is 419 g/mol. The van der Waals surface area contributed by atoms with Crippen LogP contribution in [0.25, 0.3) is 0 Å². The summed E-state index contributed by atoms with van der Waals surface area (Å²) >= 11 is 0. The summed E-state index contributed by atoms with van der Waals surface area (Å²) in [5, 5.41) is 4.63. The van der Waals surface area contributed by atoms with Crippen molar-refractivity contribution in [2.45, 2.75) is 62.8 Å². The third-order valence-corrected chi connectivity index (χ3v) is 7.89. The highest BCUT2D eigenvalue weighted by Gasteiger charge is 2.36. The molecule has 0 spiro atoms. The molecule has 0 saturated carbocycles. The predicted octanol–water partition coefficient (Wildman–Crippen LogP) is 3.24. The van der Waals surface area contributed by atoms with Crippen LogP contribution >= 0.6 is 0 Å². The van der Waals surface area contributed by atoms with Gasteiger partial charge in [0.05, 0.1) is 10.9 Å². The number of hydrogen-bond donors (Lipinski definition) is 0. The van der Waals surface area contributed by atoms with E-state index in [0.29, 0.717) is 29.8 Å². The highest BCUT2D eigenvalue weighted by atomic mass is 32.2. The maximum Gasteiger partial charge on any atom is 0.243 e. The van der Waals surface area contributed by atoms with E-state index < -0.39 is 10.0 Å². The van der Waals surface area contributed by atoms with Crippen molar-refractivity contribution in [1.82, 2.24) is 19.1 Å². The number of aryl methyl sites for hydroxylation is 1. The predicted molar refractivity (Wildman–Crippen MR) is 110 cm³/mol. The Morgan fingerprint density at radius 2 is 1.79 bits per heavy atom. The fraction of sp³-hybridized carbons (Fsp3) is 0.619. The van der Waals surface area contributed by atoms with E-state index in [4.69, 9.17) is 4.74 Å². The molecule has 1 aromatic carbocycles. The van der Waals surface area contributed by atoms with Crippen LogP contribution in [-0.4, -0.2) is 53.8 Å². The van der Waals surface area contributed by atoms with E-state index in [1.165, 1.54) is 0 Å². The van der Waals surface area contributed by atoms with Gasteiger partial charge in [-0.05, 0) is 49.8 Å². The van der Waals surface area contributed by atoms with Crippen LogP contribution in [0.1, 0.15) is 68.2 Å². The molecule has 0 aliphatic carbocycles. The van der Waals surface area contributed by atoms with Crippen molar-refractivity contribution in [3.8, 4) is 0 Å². The molecular weight excluding hydrogens is 388 g/mol. The van der Waals surface area contributed by atoms with Gasteiger partial charge in [-0.15, -0.1) is 0 Å². The SMILES string of the molecule is Cc1nc(C2CCOCC2)n(C2CCN(S(=O)(=O)c3ccc(C(C)C)cc3)C2)n1. The van der Waals surface area contributed by atoms with Crippen LogP contribution in [0.5, 0.6) is 0 Å². The van der Waals surface area contributed by atoms with Crippen LogP contribution in [0, 0.1) is 6.92 Å². The van der Waals surface area contributed by atoms with Crippen LogP contribution in [0.15, 0.2) is 29.2 Å². The zero-order valence-electron chi connectivity index (χ0n) is 17.4. The minimum absolute atomic E-state index is 0.0266. The van der Waals surface area contributed by atoms with Gasteiger partial charge in [0.2, 0.25) is 10.0 Å². The smallest absolute Gasteiger partial charge is 0.243 e. The Labute approximate surface area is 173 Å². The summed E-state index contributed by atoms with van der Waals surface area (Å²) in [5.41, 5.74) is 1.14. The molecule has 8 heteroatoms. The molecule has 0 bridgehead atoms. The molecule has 0 amide bonds. The van der Waals surface area contributed by atoms with Crippen molar-refractivity contribution < 1.29 is 13.2 Å². The molecule has 29 heavy (non-hydrogen) atoms. The Morgan fingerprint density at radius 1 is 1.10 bits per heavy atom.